The molecule has 0 aromatic rings. The van der Waals surface area contributed by atoms with Gasteiger partial charge in [0, 0.05) is 13.5 Å². The Bertz CT molecular complexity index is 472. The highest BCUT2D eigenvalue weighted by Crippen LogP contribution is 2.35. The number of hydrogen-bond acceptors (Lipinski definition) is 5. The van der Waals surface area contributed by atoms with Gasteiger partial charge in [-0.3, -0.25) is 4.79 Å². The van der Waals surface area contributed by atoms with Gasteiger partial charge < -0.3 is 14.7 Å². The molecule has 7 nitrogen and oxygen atoms in total. The summed E-state index contributed by atoms with van der Waals surface area (Å²) >= 11 is 0. The van der Waals surface area contributed by atoms with Crippen LogP contribution in [0.15, 0.2) is 0 Å². The van der Waals surface area contributed by atoms with Crippen LogP contribution in [0.4, 0.5) is 0 Å². The summed E-state index contributed by atoms with van der Waals surface area (Å²) in [7, 11) is -3.53. The van der Waals surface area contributed by atoms with Gasteiger partial charge in [0.1, 0.15) is 5.25 Å². The van der Waals surface area contributed by atoms with Crippen molar-refractivity contribution < 1.29 is 27.9 Å². The second-order valence-electron chi connectivity index (χ2n) is 4.30. The number of carbonyl (C=O) groups is 2. The summed E-state index contributed by atoms with van der Waals surface area (Å²) in [4.78, 5) is 23.7. The van der Waals surface area contributed by atoms with Crippen molar-refractivity contribution in [1.82, 2.24) is 4.90 Å². The van der Waals surface area contributed by atoms with E-state index in [-0.39, 0.29) is 31.4 Å². The van der Waals surface area contributed by atoms with Crippen LogP contribution in [0, 0.1) is 0 Å². The Morgan fingerprint density at radius 1 is 1.47 bits per heavy atom. The first-order valence-electron chi connectivity index (χ1n) is 5.14. The first kappa shape index (κ1) is 12.3. The Balaban J connectivity index is 2.45. The molecule has 0 aromatic carbocycles. The number of fused-ring (bicyclic) bond motifs is 1. The van der Waals surface area contributed by atoms with Crippen LogP contribution in [0.1, 0.15) is 6.92 Å². The number of carboxylic acid groups (broad SMARTS) is 1. The number of carbonyl (C=O) groups excluding carboxylic acids is 1. The van der Waals surface area contributed by atoms with Gasteiger partial charge in [-0.15, -0.1) is 0 Å². The van der Waals surface area contributed by atoms with Gasteiger partial charge in [-0.1, -0.05) is 0 Å². The topological polar surface area (TPSA) is 101 Å². The lowest BCUT2D eigenvalue weighted by molar-refractivity contribution is -0.164. The summed E-state index contributed by atoms with van der Waals surface area (Å²) in [6, 6.07) is 0. The number of ether oxygens (including phenoxy) is 1. The van der Waals surface area contributed by atoms with Crippen molar-refractivity contribution in [2.45, 2.75) is 17.8 Å². The summed E-state index contributed by atoms with van der Waals surface area (Å²) in [6.45, 7) is 0.821. The monoisotopic (exact) mass is 263 g/mol. The fourth-order valence-corrected chi connectivity index (χ4v) is 4.16. The van der Waals surface area contributed by atoms with E-state index >= 15 is 0 Å². The molecule has 0 saturated carbocycles. The summed E-state index contributed by atoms with van der Waals surface area (Å²) < 4.78 is 28.9. The van der Waals surface area contributed by atoms with Crippen LogP contribution >= 0.6 is 0 Å². The van der Waals surface area contributed by atoms with E-state index in [0.717, 1.165) is 0 Å². The van der Waals surface area contributed by atoms with E-state index in [4.69, 9.17) is 4.74 Å². The van der Waals surface area contributed by atoms with E-state index < -0.39 is 26.7 Å². The number of aliphatic carboxylic acids is 1. The van der Waals surface area contributed by atoms with Gasteiger partial charge in [0.2, 0.25) is 11.5 Å². The fourth-order valence-electron chi connectivity index (χ4n) is 2.33. The molecular weight excluding hydrogens is 250 g/mol. The van der Waals surface area contributed by atoms with Crippen LogP contribution in [-0.2, 0) is 24.2 Å². The maximum absolute atomic E-state index is 11.9. The third-order valence-corrected chi connectivity index (χ3v) is 5.43. The summed E-state index contributed by atoms with van der Waals surface area (Å²) in [5.74, 6) is -1.87. The van der Waals surface area contributed by atoms with E-state index in [1.807, 2.05) is 0 Å². The molecule has 0 bridgehead atoms. The highest BCUT2D eigenvalue weighted by Gasteiger charge is 2.61. The molecule has 96 valence electrons. The van der Waals surface area contributed by atoms with Gasteiger partial charge in [0.05, 0.1) is 18.9 Å². The predicted octanol–water partition coefficient (Wildman–Crippen LogP) is -1.51. The van der Waals surface area contributed by atoms with Crippen molar-refractivity contribution in [3.05, 3.63) is 0 Å². The standard InChI is InChI=1S/C9H13NO6S/c1-6(11)10-4-7-9(5-10,8(12)13)16-2-3-17(7,14)15/h7H,2-5H2,1H3,(H,12,13)/t7-,9+/m1/s1. The molecule has 0 aliphatic carbocycles. The van der Waals surface area contributed by atoms with E-state index in [1.165, 1.54) is 11.8 Å². The van der Waals surface area contributed by atoms with E-state index in [0.29, 0.717) is 0 Å². The average Bonchev–Trinajstić information content (AvgIpc) is 2.59. The van der Waals surface area contributed by atoms with E-state index in [2.05, 4.69) is 0 Å². The van der Waals surface area contributed by atoms with Gasteiger partial charge in [0.15, 0.2) is 9.84 Å². The SMILES string of the molecule is CC(=O)N1C[C@@H]2[C@](C(=O)O)(C1)OCCS2(=O)=O. The number of likely N-dealkylation sites (tertiary alicyclic amines) is 1. The minimum absolute atomic E-state index is 0.107. The zero-order chi connectivity index (χ0) is 12.8. The molecule has 2 heterocycles. The number of rotatable bonds is 1. The molecule has 8 heteroatoms. The maximum Gasteiger partial charge on any atom is 0.339 e. The summed E-state index contributed by atoms with van der Waals surface area (Å²) in [5.41, 5.74) is -1.79. The Kier molecular flexibility index (Phi) is 2.66. The molecule has 1 amide bonds. The molecule has 2 aliphatic rings. The minimum Gasteiger partial charge on any atom is -0.479 e. The number of sulfone groups is 1. The lowest BCUT2D eigenvalue weighted by atomic mass is 10.0. The molecule has 2 fully saturated rings. The lowest BCUT2D eigenvalue weighted by Gasteiger charge is -2.33. The van der Waals surface area contributed by atoms with Crippen LogP contribution in [0.2, 0.25) is 0 Å². The fraction of sp³-hybridized carbons (Fsp3) is 0.778. The normalized spacial score (nSPS) is 35.4. The van der Waals surface area contributed by atoms with Gasteiger partial charge in [-0.25, -0.2) is 13.2 Å². The first-order chi connectivity index (χ1) is 7.79. The number of amides is 1. The molecule has 0 unspecified atom stereocenters. The van der Waals surface area contributed by atoms with Crippen molar-refractivity contribution in [2.75, 3.05) is 25.4 Å². The first-order valence-corrected chi connectivity index (χ1v) is 6.85. The summed E-state index contributed by atoms with van der Waals surface area (Å²) in [6.07, 6.45) is 0. The predicted molar refractivity (Wildman–Crippen MR) is 56.1 cm³/mol. The van der Waals surface area contributed by atoms with Crippen LogP contribution in [0.5, 0.6) is 0 Å². The highest BCUT2D eigenvalue weighted by molar-refractivity contribution is 7.92. The third kappa shape index (κ3) is 1.71. The Labute approximate surface area is 98.3 Å². The Morgan fingerprint density at radius 2 is 2.12 bits per heavy atom. The molecule has 0 aromatic heterocycles. The molecular formula is C9H13NO6S. The Morgan fingerprint density at radius 3 is 2.59 bits per heavy atom. The van der Waals surface area contributed by atoms with Gasteiger partial charge >= 0.3 is 5.97 Å². The average molecular weight is 263 g/mol. The molecule has 0 spiro atoms. The summed E-state index contributed by atoms with van der Waals surface area (Å²) in [5, 5.41) is 8.04. The third-order valence-electron chi connectivity index (χ3n) is 3.30. The van der Waals surface area contributed by atoms with Crippen LogP contribution in [-0.4, -0.2) is 66.6 Å². The van der Waals surface area contributed by atoms with Crippen LogP contribution in [0.25, 0.3) is 0 Å². The molecule has 2 aliphatic heterocycles. The van der Waals surface area contributed by atoms with Gasteiger partial charge in [-0.2, -0.15) is 0 Å². The maximum atomic E-state index is 11.9. The Hall–Kier alpha value is -1.15. The van der Waals surface area contributed by atoms with Crippen molar-refractivity contribution in [2.24, 2.45) is 0 Å². The van der Waals surface area contributed by atoms with Gasteiger partial charge in [-0.05, 0) is 0 Å². The molecule has 0 radical (unpaired) electrons. The van der Waals surface area contributed by atoms with Crippen molar-refractivity contribution in [3.63, 3.8) is 0 Å². The molecule has 1 N–H and O–H groups in total. The second-order valence-corrected chi connectivity index (χ2v) is 6.60. The van der Waals surface area contributed by atoms with Crippen LogP contribution in [0.3, 0.4) is 0 Å². The minimum atomic E-state index is -3.53. The number of nitrogens with zero attached hydrogens (tertiary/aromatic N) is 1. The molecule has 17 heavy (non-hydrogen) atoms. The van der Waals surface area contributed by atoms with Crippen molar-refractivity contribution >= 4 is 21.7 Å². The van der Waals surface area contributed by atoms with Crippen molar-refractivity contribution in [1.29, 1.82) is 0 Å². The lowest BCUT2D eigenvalue weighted by Crippen LogP contribution is -2.59. The van der Waals surface area contributed by atoms with E-state index in [1.54, 1.807) is 0 Å². The van der Waals surface area contributed by atoms with Gasteiger partial charge in [0.25, 0.3) is 0 Å². The second kappa shape index (κ2) is 3.67. The number of carboxylic acids is 1. The quantitative estimate of drug-likeness (QED) is 0.617. The molecule has 2 saturated heterocycles. The molecule has 2 atom stereocenters. The zero-order valence-corrected chi connectivity index (χ0v) is 10.1. The largest absolute Gasteiger partial charge is 0.479 e. The highest BCUT2D eigenvalue weighted by atomic mass is 32.2. The zero-order valence-electron chi connectivity index (χ0n) is 9.25. The van der Waals surface area contributed by atoms with Crippen molar-refractivity contribution in [3.8, 4) is 0 Å². The van der Waals surface area contributed by atoms with Crippen LogP contribution < -0.4 is 0 Å². The van der Waals surface area contributed by atoms with E-state index in [9.17, 15) is 23.1 Å². The molecule has 2 rings (SSSR count). The number of hydrogen-bond donors (Lipinski definition) is 1. The smallest absolute Gasteiger partial charge is 0.339 e.